The molecule has 1 aliphatic carbocycles. The molecule has 0 bridgehead atoms. The summed E-state index contributed by atoms with van der Waals surface area (Å²) < 4.78 is 5.31. The fourth-order valence-electron chi connectivity index (χ4n) is 4.17. The second kappa shape index (κ2) is 7.71. The van der Waals surface area contributed by atoms with Gasteiger partial charge in [-0.15, -0.1) is 0 Å². The third kappa shape index (κ3) is 3.65. The van der Waals surface area contributed by atoms with Crippen LogP contribution in [0.4, 0.5) is 0 Å². The largest absolute Gasteiger partial charge is 0.378 e. The first-order valence-corrected chi connectivity index (χ1v) is 9.39. The number of morpholine rings is 1. The standard InChI is InChI=1S/C18H28N4O3/c1-15(16(23)21-10-12-25-13-11-21)20-6-8-22(9-7-20)17(24)18(14-19)4-2-3-5-18/h15H,2-13H2,1H3/t15-/m0/s1. The van der Waals surface area contributed by atoms with E-state index >= 15 is 0 Å². The van der Waals surface area contributed by atoms with Crippen molar-refractivity contribution in [2.75, 3.05) is 52.5 Å². The van der Waals surface area contributed by atoms with Gasteiger partial charge in [0, 0.05) is 39.3 Å². The van der Waals surface area contributed by atoms with E-state index in [0.29, 0.717) is 65.3 Å². The normalized spacial score (nSPS) is 25.4. The van der Waals surface area contributed by atoms with Crippen molar-refractivity contribution in [3.63, 3.8) is 0 Å². The number of carbonyl (C=O) groups is 2. The van der Waals surface area contributed by atoms with Gasteiger partial charge in [0.1, 0.15) is 5.41 Å². The van der Waals surface area contributed by atoms with Crippen molar-refractivity contribution in [2.24, 2.45) is 5.41 Å². The van der Waals surface area contributed by atoms with Gasteiger partial charge in [-0.05, 0) is 19.8 Å². The Morgan fingerprint density at radius 3 is 2.16 bits per heavy atom. The molecule has 2 amide bonds. The van der Waals surface area contributed by atoms with Crippen molar-refractivity contribution in [3.05, 3.63) is 0 Å². The molecule has 0 aromatic carbocycles. The SMILES string of the molecule is C[C@@H](C(=O)N1CCOCC1)N1CCN(C(=O)C2(C#N)CCCC2)CC1. The van der Waals surface area contributed by atoms with Gasteiger partial charge in [-0.25, -0.2) is 0 Å². The highest BCUT2D eigenvalue weighted by molar-refractivity contribution is 5.86. The molecule has 2 saturated heterocycles. The number of carbonyl (C=O) groups excluding carboxylic acids is 2. The predicted octanol–water partition coefficient (Wildman–Crippen LogP) is 0.462. The van der Waals surface area contributed by atoms with Crippen LogP contribution in [0.15, 0.2) is 0 Å². The topological polar surface area (TPSA) is 76.9 Å². The fraction of sp³-hybridized carbons (Fsp3) is 0.833. The average Bonchev–Trinajstić information content (AvgIpc) is 3.17. The quantitative estimate of drug-likeness (QED) is 0.741. The summed E-state index contributed by atoms with van der Waals surface area (Å²) in [5.74, 6) is 0.145. The number of hydrogen-bond acceptors (Lipinski definition) is 5. The molecule has 2 aliphatic heterocycles. The van der Waals surface area contributed by atoms with Crippen LogP contribution in [0.25, 0.3) is 0 Å². The fourth-order valence-corrected chi connectivity index (χ4v) is 4.17. The summed E-state index contributed by atoms with van der Waals surface area (Å²) in [7, 11) is 0. The van der Waals surface area contributed by atoms with E-state index in [9.17, 15) is 14.9 Å². The second-order valence-corrected chi connectivity index (χ2v) is 7.34. The lowest BCUT2D eigenvalue weighted by molar-refractivity contribution is -0.144. The summed E-state index contributed by atoms with van der Waals surface area (Å²) >= 11 is 0. The average molecular weight is 348 g/mol. The summed E-state index contributed by atoms with van der Waals surface area (Å²) in [6.45, 7) is 7.05. The van der Waals surface area contributed by atoms with Gasteiger partial charge >= 0.3 is 0 Å². The van der Waals surface area contributed by atoms with Crippen molar-refractivity contribution in [1.29, 1.82) is 5.26 Å². The zero-order valence-corrected chi connectivity index (χ0v) is 15.1. The first-order chi connectivity index (χ1) is 12.1. The van der Waals surface area contributed by atoms with E-state index in [1.165, 1.54) is 0 Å². The highest BCUT2D eigenvalue weighted by atomic mass is 16.5. The maximum absolute atomic E-state index is 12.8. The highest BCUT2D eigenvalue weighted by Gasteiger charge is 2.44. The smallest absolute Gasteiger partial charge is 0.243 e. The summed E-state index contributed by atoms with van der Waals surface area (Å²) in [5.41, 5.74) is -0.794. The Morgan fingerprint density at radius 2 is 1.60 bits per heavy atom. The monoisotopic (exact) mass is 348 g/mol. The first-order valence-electron chi connectivity index (χ1n) is 9.39. The molecule has 138 valence electrons. The molecule has 0 radical (unpaired) electrons. The van der Waals surface area contributed by atoms with Crippen LogP contribution in [0.3, 0.4) is 0 Å². The minimum atomic E-state index is -0.794. The second-order valence-electron chi connectivity index (χ2n) is 7.34. The Labute approximate surface area is 149 Å². The van der Waals surface area contributed by atoms with Crippen LogP contribution in [0, 0.1) is 16.7 Å². The number of nitrogens with zero attached hydrogens (tertiary/aromatic N) is 4. The van der Waals surface area contributed by atoms with Gasteiger partial charge in [0.15, 0.2) is 0 Å². The third-order valence-corrected chi connectivity index (χ3v) is 5.91. The molecule has 2 heterocycles. The first kappa shape index (κ1) is 18.2. The van der Waals surface area contributed by atoms with Crippen LogP contribution in [-0.2, 0) is 14.3 Å². The van der Waals surface area contributed by atoms with E-state index in [-0.39, 0.29) is 17.9 Å². The lowest BCUT2D eigenvalue weighted by Crippen LogP contribution is -2.58. The lowest BCUT2D eigenvalue weighted by atomic mass is 9.86. The Hall–Kier alpha value is -1.65. The zero-order chi connectivity index (χ0) is 17.9. The third-order valence-electron chi connectivity index (χ3n) is 5.91. The predicted molar refractivity (Wildman–Crippen MR) is 91.5 cm³/mol. The lowest BCUT2D eigenvalue weighted by Gasteiger charge is -2.41. The molecular weight excluding hydrogens is 320 g/mol. The minimum Gasteiger partial charge on any atom is -0.378 e. The number of amides is 2. The van der Waals surface area contributed by atoms with Crippen LogP contribution in [0.1, 0.15) is 32.6 Å². The molecule has 25 heavy (non-hydrogen) atoms. The van der Waals surface area contributed by atoms with E-state index in [2.05, 4.69) is 11.0 Å². The molecule has 3 rings (SSSR count). The molecule has 0 aromatic heterocycles. The Kier molecular flexibility index (Phi) is 5.60. The van der Waals surface area contributed by atoms with Crippen LogP contribution in [-0.4, -0.2) is 85.0 Å². The number of nitriles is 1. The molecule has 3 fully saturated rings. The molecule has 7 nitrogen and oxygen atoms in total. The summed E-state index contributed by atoms with van der Waals surface area (Å²) in [6, 6.07) is 2.12. The van der Waals surface area contributed by atoms with Crippen LogP contribution < -0.4 is 0 Å². The highest BCUT2D eigenvalue weighted by Crippen LogP contribution is 2.39. The maximum Gasteiger partial charge on any atom is 0.243 e. The molecule has 1 atom stereocenters. The van der Waals surface area contributed by atoms with E-state index in [4.69, 9.17) is 4.74 Å². The van der Waals surface area contributed by atoms with Gasteiger partial charge < -0.3 is 14.5 Å². The van der Waals surface area contributed by atoms with Gasteiger partial charge in [-0.2, -0.15) is 5.26 Å². The number of ether oxygens (including phenoxy) is 1. The van der Waals surface area contributed by atoms with Gasteiger partial charge in [-0.1, -0.05) is 12.8 Å². The van der Waals surface area contributed by atoms with Gasteiger partial charge in [0.25, 0.3) is 0 Å². The molecule has 1 saturated carbocycles. The van der Waals surface area contributed by atoms with Crippen LogP contribution in [0.2, 0.25) is 0 Å². The van der Waals surface area contributed by atoms with Crippen molar-refractivity contribution in [2.45, 2.75) is 38.6 Å². The summed E-state index contributed by atoms with van der Waals surface area (Å²) in [4.78, 5) is 31.3. The van der Waals surface area contributed by atoms with Gasteiger partial charge in [0.05, 0.1) is 25.3 Å². The number of hydrogen-bond donors (Lipinski definition) is 0. The molecule has 0 spiro atoms. The van der Waals surface area contributed by atoms with Gasteiger partial charge in [-0.3, -0.25) is 14.5 Å². The van der Waals surface area contributed by atoms with Crippen LogP contribution >= 0.6 is 0 Å². The van der Waals surface area contributed by atoms with Gasteiger partial charge in [0.2, 0.25) is 11.8 Å². The molecule has 7 heteroatoms. The maximum atomic E-state index is 12.8. The molecular formula is C18H28N4O3. The Balaban J connectivity index is 1.53. The van der Waals surface area contributed by atoms with Crippen molar-refractivity contribution < 1.29 is 14.3 Å². The van der Waals surface area contributed by atoms with Crippen molar-refractivity contribution >= 4 is 11.8 Å². The van der Waals surface area contributed by atoms with E-state index in [0.717, 1.165) is 12.8 Å². The van der Waals surface area contributed by atoms with E-state index < -0.39 is 5.41 Å². The molecule has 0 aromatic rings. The van der Waals surface area contributed by atoms with E-state index in [1.807, 2.05) is 16.7 Å². The van der Waals surface area contributed by atoms with E-state index in [1.54, 1.807) is 0 Å². The minimum absolute atomic E-state index is 0.000640. The van der Waals surface area contributed by atoms with Crippen LogP contribution in [0.5, 0.6) is 0 Å². The number of piperazine rings is 1. The summed E-state index contributed by atoms with van der Waals surface area (Å²) in [5, 5.41) is 9.51. The van der Waals surface area contributed by atoms with Crippen molar-refractivity contribution in [3.8, 4) is 6.07 Å². The Bertz CT molecular complexity index is 539. The molecule has 3 aliphatic rings. The summed E-state index contributed by atoms with van der Waals surface area (Å²) in [6.07, 6.45) is 3.30. The van der Waals surface area contributed by atoms with Crippen molar-refractivity contribution in [1.82, 2.24) is 14.7 Å². The molecule has 0 unspecified atom stereocenters. The Morgan fingerprint density at radius 1 is 1.00 bits per heavy atom. The zero-order valence-electron chi connectivity index (χ0n) is 15.1. The number of rotatable bonds is 3. The molecule has 0 N–H and O–H groups in total.